The minimum absolute atomic E-state index is 0.138. The van der Waals surface area contributed by atoms with Crippen LogP contribution < -0.4 is 10.6 Å². The molecule has 0 atom stereocenters. The molecule has 0 fully saturated rings. The third-order valence-electron chi connectivity index (χ3n) is 2.86. The average molecular weight is 238 g/mol. The van der Waals surface area contributed by atoms with Gasteiger partial charge in [-0.1, -0.05) is 31.9 Å². The van der Waals surface area contributed by atoms with Crippen LogP contribution >= 0.6 is 0 Å². The number of nitrogens with zero attached hydrogens (tertiary/aromatic N) is 1. The van der Waals surface area contributed by atoms with Crippen LogP contribution in [-0.4, -0.2) is 19.6 Å². The normalized spacial score (nSPS) is 10.5. The van der Waals surface area contributed by atoms with Crippen LogP contribution in [0.4, 0.5) is 10.1 Å². The smallest absolute Gasteiger partial charge is 0.146 e. The molecular formula is C14H23FN2. The Hall–Kier alpha value is -1.09. The highest BCUT2D eigenvalue weighted by Crippen LogP contribution is 2.19. The third kappa shape index (κ3) is 4.73. The lowest BCUT2D eigenvalue weighted by Gasteiger charge is -2.25. The van der Waals surface area contributed by atoms with Crippen molar-refractivity contribution in [2.75, 3.05) is 24.5 Å². The van der Waals surface area contributed by atoms with Gasteiger partial charge in [0.25, 0.3) is 0 Å². The number of hydrogen-bond acceptors (Lipinski definition) is 2. The van der Waals surface area contributed by atoms with Crippen LogP contribution in [0, 0.1) is 5.82 Å². The molecule has 0 aliphatic rings. The van der Waals surface area contributed by atoms with E-state index in [-0.39, 0.29) is 5.82 Å². The van der Waals surface area contributed by atoms with Gasteiger partial charge in [-0.05, 0) is 31.5 Å². The number of anilines is 1. The van der Waals surface area contributed by atoms with Gasteiger partial charge in [-0.15, -0.1) is 0 Å². The lowest BCUT2D eigenvalue weighted by Crippen LogP contribution is -2.28. The van der Waals surface area contributed by atoms with Crippen molar-refractivity contribution in [1.82, 2.24) is 0 Å². The molecule has 0 radical (unpaired) electrons. The topological polar surface area (TPSA) is 29.3 Å². The van der Waals surface area contributed by atoms with E-state index in [1.807, 2.05) is 12.1 Å². The summed E-state index contributed by atoms with van der Waals surface area (Å²) in [5.41, 5.74) is 6.23. The molecule has 0 heterocycles. The third-order valence-corrected chi connectivity index (χ3v) is 2.86. The number of para-hydroxylation sites is 1. The molecule has 3 heteroatoms. The van der Waals surface area contributed by atoms with Gasteiger partial charge in [0.2, 0.25) is 0 Å². The Labute approximate surface area is 104 Å². The summed E-state index contributed by atoms with van der Waals surface area (Å²) in [7, 11) is 0. The molecule has 0 saturated heterocycles. The second kappa shape index (κ2) is 8.07. The molecule has 0 spiro atoms. The van der Waals surface area contributed by atoms with E-state index in [0.717, 1.165) is 25.9 Å². The van der Waals surface area contributed by atoms with Crippen molar-refractivity contribution in [3.8, 4) is 0 Å². The molecule has 2 nitrogen and oxygen atoms in total. The zero-order valence-corrected chi connectivity index (χ0v) is 10.7. The summed E-state index contributed by atoms with van der Waals surface area (Å²) in [6, 6.07) is 6.97. The molecule has 0 aromatic heterocycles. The van der Waals surface area contributed by atoms with E-state index in [4.69, 9.17) is 5.73 Å². The molecule has 0 aliphatic carbocycles. The minimum atomic E-state index is -0.138. The molecule has 17 heavy (non-hydrogen) atoms. The average Bonchev–Trinajstić information content (AvgIpc) is 2.35. The molecule has 0 amide bonds. The van der Waals surface area contributed by atoms with Gasteiger partial charge >= 0.3 is 0 Å². The van der Waals surface area contributed by atoms with Crippen molar-refractivity contribution < 1.29 is 4.39 Å². The Balaban J connectivity index is 2.64. The zero-order valence-electron chi connectivity index (χ0n) is 10.7. The van der Waals surface area contributed by atoms with E-state index in [2.05, 4.69) is 11.8 Å². The summed E-state index contributed by atoms with van der Waals surface area (Å²) in [5, 5.41) is 0. The molecule has 2 N–H and O–H groups in total. The summed E-state index contributed by atoms with van der Waals surface area (Å²) in [6.07, 6.45) is 4.38. The Morgan fingerprint density at radius 3 is 2.47 bits per heavy atom. The molecule has 0 bridgehead atoms. The van der Waals surface area contributed by atoms with E-state index in [1.54, 1.807) is 6.07 Å². The Bertz CT molecular complexity index is 315. The molecule has 0 saturated carbocycles. The van der Waals surface area contributed by atoms with Crippen molar-refractivity contribution in [2.24, 2.45) is 5.73 Å². The Kier molecular flexibility index (Phi) is 6.63. The fourth-order valence-corrected chi connectivity index (χ4v) is 1.90. The van der Waals surface area contributed by atoms with Crippen LogP contribution in [0.5, 0.6) is 0 Å². The van der Waals surface area contributed by atoms with Gasteiger partial charge in [-0.3, -0.25) is 0 Å². The maximum atomic E-state index is 13.7. The lowest BCUT2D eigenvalue weighted by molar-refractivity contribution is 0.602. The predicted octanol–water partition coefficient (Wildman–Crippen LogP) is 3.17. The van der Waals surface area contributed by atoms with Crippen molar-refractivity contribution in [1.29, 1.82) is 0 Å². The van der Waals surface area contributed by atoms with Crippen LogP contribution in [0.15, 0.2) is 24.3 Å². The SMILES string of the molecule is CCCCCN(CCCN)c1ccccc1F. The number of hydrogen-bond donors (Lipinski definition) is 1. The predicted molar refractivity (Wildman–Crippen MR) is 71.8 cm³/mol. The summed E-state index contributed by atoms with van der Waals surface area (Å²) in [5.74, 6) is -0.138. The highest BCUT2D eigenvalue weighted by atomic mass is 19.1. The van der Waals surface area contributed by atoms with Crippen molar-refractivity contribution in [3.05, 3.63) is 30.1 Å². The standard InChI is InChI=1S/C14H23FN2/c1-2-3-6-11-17(12-7-10-16)14-9-5-4-8-13(14)15/h4-5,8-9H,2-3,6-7,10-12,16H2,1H3. The zero-order chi connectivity index (χ0) is 12.5. The van der Waals surface area contributed by atoms with Gasteiger partial charge in [0.1, 0.15) is 5.82 Å². The molecule has 1 rings (SSSR count). The van der Waals surface area contributed by atoms with Gasteiger partial charge in [0.15, 0.2) is 0 Å². The van der Waals surface area contributed by atoms with Crippen molar-refractivity contribution >= 4 is 5.69 Å². The van der Waals surface area contributed by atoms with E-state index in [9.17, 15) is 4.39 Å². The van der Waals surface area contributed by atoms with Gasteiger partial charge in [0.05, 0.1) is 5.69 Å². The first-order valence-corrected chi connectivity index (χ1v) is 6.49. The van der Waals surface area contributed by atoms with E-state index < -0.39 is 0 Å². The second-order valence-electron chi connectivity index (χ2n) is 4.29. The van der Waals surface area contributed by atoms with E-state index in [0.29, 0.717) is 12.2 Å². The maximum absolute atomic E-state index is 13.7. The molecule has 96 valence electrons. The number of unbranched alkanes of at least 4 members (excludes halogenated alkanes) is 2. The van der Waals surface area contributed by atoms with Crippen LogP contribution in [0.25, 0.3) is 0 Å². The minimum Gasteiger partial charge on any atom is -0.369 e. The molecule has 1 aromatic rings. The lowest BCUT2D eigenvalue weighted by atomic mass is 10.2. The quantitative estimate of drug-likeness (QED) is 0.705. The molecular weight excluding hydrogens is 215 g/mol. The van der Waals surface area contributed by atoms with Crippen molar-refractivity contribution in [3.63, 3.8) is 0 Å². The molecule has 0 aliphatic heterocycles. The van der Waals surface area contributed by atoms with Gasteiger partial charge < -0.3 is 10.6 Å². The van der Waals surface area contributed by atoms with Crippen LogP contribution in [0.3, 0.4) is 0 Å². The first kappa shape index (κ1) is 14.0. The fourth-order valence-electron chi connectivity index (χ4n) is 1.90. The fraction of sp³-hybridized carbons (Fsp3) is 0.571. The number of nitrogens with two attached hydrogens (primary N) is 1. The second-order valence-corrected chi connectivity index (χ2v) is 4.29. The van der Waals surface area contributed by atoms with Crippen LogP contribution in [0.1, 0.15) is 32.6 Å². The molecule has 0 unspecified atom stereocenters. The first-order chi connectivity index (χ1) is 8.29. The molecule has 1 aromatic carbocycles. The van der Waals surface area contributed by atoms with Crippen LogP contribution in [0.2, 0.25) is 0 Å². The van der Waals surface area contributed by atoms with Gasteiger partial charge in [-0.25, -0.2) is 4.39 Å². The Morgan fingerprint density at radius 2 is 1.82 bits per heavy atom. The van der Waals surface area contributed by atoms with E-state index >= 15 is 0 Å². The first-order valence-electron chi connectivity index (χ1n) is 6.49. The van der Waals surface area contributed by atoms with Crippen molar-refractivity contribution in [2.45, 2.75) is 32.6 Å². The summed E-state index contributed by atoms with van der Waals surface area (Å²) in [4.78, 5) is 2.11. The van der Waals surface area contributed by atoms with Crippen LogP contribution in [-0.2, 0) is 0 Å². The summed E-state index contributed by atoms with van der Waals surface area (Å²) < 4.78 is 13.7. The monoisotopic (exact) mass is 238 g/mol. The highest BCUT2D eigenvalue weighted by Gasteiger charge is 2.09. The highest BCUT2D eigenvalue weighted by molar-refractivity contribution is 5.47. The summed E-state index contributed by atoms with van der Waals surface area (Å²) >= 11 is 0. The summed E-state index contributed by atoms with van der Waals surface area (Å²) in [6.45, 7) is 4.57. The maximum Gasteiger partial charge on any atom is 0.146 e. The Morgan fingerprint density at radius 1 is 1.12 bits per heavy atom. The number of rotatable bonds is 8. The largest absolute Gasteiger partial charge is 0.369 e. The number of benzene rings is 1. The van der Waals surface area contributed by atoms with Gasteiger partial charge in [-0.2, -0.15) is 0 Å². The van der Waals surface area contributed by atoms with E-state index in [1.165, 1.54) is 18.9 Å². The number of halogens is 1. The van der Waals surface area contributed by atoms with Gasteiger partial charge in [0, 0.05) is 13.1 Å².